The molecule has 0 atom stereocenters. The van der Waals surface area contributed by atoms with Crippen LogP contribution in [0.2, 0.25) is 0 Å². The number of fused-ring (bicyclic) bond motifs is 2. The second-order valence-electron chi connectivity index (χ2n) is 22.6. The molecule has 0 N–H and O–H groups in total. The van der Waals surface area contributed by atoms with E-state index in [1.165, 1.54) is 304 Å². The summed E-state index contributed by atoms with van der Waals surface area (Å²) < 4.78 is 2.20. The normalized spacial score (nSPS) is 11.6. The number of benzene rings is 4. The maximum absolute atomic E-state index is 4.00. The van der Waals surface area contributed by atoms with Crippen LogP contribution in [-0.2, 0) is 25.7 Å². The molecule has 0 saturated carbocycles. The van der Waals surface area contributed by atoms with Crippen molar-refractivity contribution in [3.63, 3.8) is 0 Å². The van der Waals surface area contributed by atoms with Crippen LogP contribution < -0.4 is 0 Å². The van der Waals surface area contributed by atoms with Crippen LogP contribution >= 0.6 is 31.9 Å². The summed E-state index contributed by atoms with van der Waals surface area (Å²) in [6, 6.07) is 19.6. The van der Waals surface area contributed by atoms with Crippen LogP contribution in [0.1, 0.15) is 318 Å². The average Bonchev–Trinajstić information content (AvgIpc) is 3.38. The highest BCUT2D eigenvalue weighted by Crippen LogP contribution is 2.32. The van der Waals surface area contributed by atoms with Crippen molar-refractivity contribution in [3.8, 4) is 11.8 Å². The van der Waals surface area contributed by atoms with Gasteiger partial charge in [-0.2, -0.15) is 0 Å². The van der Waals surface area contributed by atoms with Crippen molar-refractivity contribution in [2.75, 3.05) is 0 Å². The molecule has 0 aliphatic carbocycles. The first-order valence-corrected chi connectivity index (χ1v) is 33.1. The molecule has 0 bridgehead atoms. The van der Waals surface area contributed by atoms with Crippen LogP contribution in [0.15, 0.2) is 57.5 Å². The van der Waals surface area contributed by atoms with Gasteiger partial charge >= 0.3 is 0 Å². The van der Waals surface area contributed by atoms with Gasteiger partial charge in [0.25, 0.3) is 0 Å². The quantitative estimate of drug-likeness (QED) is 0.0306. The number of unbranched alkanes of at least 4 members (excludes halogenated alkanes) is 36. The Kier molecular flexibility index (Phi) is 35.7. The first-order chi connectivity index (χ1) is 35.5. The number of halogens is 2. The molecule has 4 aromatic carbocycles. The van der Waals surface area contributed by atoms with Crippen LogP contribution in [0.3, 0.4) is 0 Å². The Morgan fingerprint density at radius 2 is 0.417 bits per heavy atom. The zero-order chi connectivity index (χ0) is 51.1. The third-order valence-corrected chi connectivity index (χ3v) is 17.3. The summed E-state index contributed by atoms with van der Waals surface area (Å²) in [7, 11) is 0. The largest absolute Gasteiger partial charge is 0.0654 e. The molecule has 0 nitrogen and oxygen atoms in total. The number of rotatable bonds is 44. The minimum absolute atomic E-state index is 1.08. The fourth-order valence-corrected chi connectivity index (χ4v) is 12.2. The van der Waals surface area contributed by atoms with Crippen LogP contribution in [-0.4, -0.2) is 0 Å². The Balaban J connectivity index is 1.46. The number of hydrogen-bond donors (Lipinski definition) is 0. The van der Waals surface area contributed by atoms with E-state index in [0.717, 1.165) is 20.1 Å². The fraction of sp³-hybridized carbons (Fsp3) is 0.686. The molecule has 4 rings (SSSR count). The molecule has 0 amide bonds. The van der Waals surface area contributed by atoms with Gasteiger partial charge < -0.3 is 0 Å². The summed E-state index contributed by atoms with van der Waals surface area (Å²) in [6.07, 6.45) is 60.3. The third kappa shape index (κ3) is 26.6. The standard InChI is InChI=1S/C70H108Br2/c1-5-9-13-17-21-25-29-33-37-41-45-59-51-65-55-63(69(71)57-67(65)53-61(59)47-43-39-35-31-27-23-19-15-11-7-3)49-50-64-56-66-52-60(46-42-38-34-30-26-22-18-14-10-6-2)62(54-68(66)58-70(64)72)48-44-40-36-32-28-24-20-16-12-8-4/h51-58H,5-48H2,1-4H3. The van der Waals surface area contributed by atoms with Crippen molar-refractivity contribution >= 4 is 53.4 Å². The summed E-state index contributed by atoms with van der Waals surface area (Å²) in [6.45, 7) is 9.26. The molecule has 402 valence electrons. The molecule has 72 heavy (non-hydrogen) atoms. The lowest BCUT2D eigenvalue weighted by Gasteiger charge is -2.14. The highest BCUT2D eigenvalue weighted by Gasteiger charge is 2.12. The van der Waals surface area contributed by atoms with E-state index in [0.29, 0.717) is 0 Å². The summed E-state index contributed by atoms with van der Waals surface area (Å²) >= 11 is 8.00. The molecule has 0 radical (unpaired) electrons. The average molecular weight is 1110 g/mol. The van der Waals surface area contributed by atoms with Crippen molar-refractivity contribution in [1.82, 2.24) is 0 Å². The van der Waals surface area contributed by atoms with Crippen LogP contribution in [0.5, 0.6) is 0 Å². The Bertz CT molecular complexity index is 1920. The molecule has 0 heterocycles. The smallest absolute Gasteiger partial charge is 0.0397 e. The minimum Gasteiger partial charge on any atom is -0.0654 e. The first kappa shape index (κ1) is 62.5. The van der Waals surface area contributed by atoms with Crippen molar-refractivity contribution in [3.05, 3.63) is 90.9 Å². The molecular weight excluding hydrogens is 1000 g/mol. The van der Waals surface area contributed by atoms with Gasteiger partial charge in [-0.05, 0) is 151 Å². The first-order valence-electron chi connectivity index (χ1n) is 31.5. The molecule has 0 fully saturated rings. The van der Waals surface area contributed by atoms with Gasteiger partial charge in [0, 0.05) is 20.1 Å². The van der Waals surface area contributed by atoms with Crippen LogP contribution in [0.25, 0.3) is 21.5 Å². The van der Waals surface area contributed by atoms with Crippen molar-refractivity contribution in [1.29, 1.82) is 0 Å². The van der Waals surface area contributed by atoms with Gasteiger partial charge in [0.05, 0.1) is 0 Å². The molecule has 0 aliphatic rings. The summed E-state index contributed by atoms with van der Waals surface area (Å²) in [5.41, 5.74) is 8.49. The van der Waals surface area contributed by atoms with Crippen molar-refractivity contribution < 1.29 is 0 Å². The number of aryl methyl sites for hydroxylation is 4. The Morgan fingerprint density at radius 3 is 0.625 bits per heavy atom. The predicted molar refractivity (Wildman–Crippen MR) is 331 cm³/mol. The molecule has 0 unspecified atom stereocenters. The topological polar surface area (TPSA) is 0 Å². The van der Waals surface area contributed by atoms with Gasteiger partial charge in [0.15, 0.2) is 0 Å². The van der Waals surface area contributed by atoms with E-state index in [2.05, 4.69) is 120 Å². The Morgan fingerprint density at radius 1 is 0.236 bits per heavy atom. The van der Waals surface area contributed by atoms with Gasteiger partial charge in [-0.25, -0.2) is 0 Å². The molecule has 0 spiro atoms. The van der Waals surface area contributed by atoms with Gasteiger partial charge in [-0.1, -0.05) is 295 Å². The lowest BCUT2D eigenvalue weighted by molar-refractivity contribution is 0.553. The van der Waals surface area contributed by atoms with E-state index in [9.17, 15) is 0 Å². The van der Waals surface area contributed by atoms with E-state index in [4.69, 9.17) is 0 Å². The lowest BCUT2D eigenvalue weighted by atomic mass is 9.92. The molecule has 2 heteroatoms. The Labute approximate surface area is 463 Å². The zero-order valence-electron chi connectivity index (χ0n) is 47.5. The van der Waals surface area contributed by atoms with E-state index < -0.39 is 0 Å². The fourth-order valence-electron chi connectivity index (χ4n) is 11.3. The van der Waals surface area contributed by atoms with Gasteiger partial charge in [0.2, 0.25) is 0 Å². The maximum atomic E-state index is 4.00. The monoisotopic (exact) mass is 1110 g/mol. The van der Waals surface area contributed by atoms with Crippen LogP contribution in [0.4, 0.5) is 0 Å². The molecule has 0 aliphatic heterocycles. The third-order valence-electron chi connectivity index (χ3n) is 16.0. The second-order valence-corrected chi connectivity index (χ2v) is 24.3. The molecule has 4 aromatic rings. The minimum atomic E-state index is 1.08. The lowest BCUT2D eigenvalue weighted by Crippen LogP contribution is -1.97. The number of hydrogen-bond acceptors (Lipinski definition) is 0. The predicted octanol–water partition coefficient (Wildman–Crippen LogP) is 24.8. The van der Waals surface area contributed by atoms with Gasteiger partial charge in [0.1, 0.15) is 0 Å². The highest BCUT2D eigenvalue weighted by molar-refractivity contribution is 9.10. The summed E-state index contributed by atoms with van der Waals surface area (Å²) in [5, 5.41) is 5.36. The SMILES string of the molecule is CCCCCCCCCCCCc1cc2cc(Br)c(C#Cc3cc4cc(CCCCCCCCCCCC)c(CCCCCCCCCCCC)cc4cc3Br)cc2cc1CCCCCCCCCCCC. The van der Waals surface area contributed by atoms with E-state index in [-0.39, 0.29) is 0 Å². The molecular formula is C70H108Br2. The van der Waals surface area contributed by atoms with Gasteiger partial charge in [-0.3, -0.25) is 0 Å². The molecule has 0 saturated heterocycles. The van der Waals surface area contributed by atoms with E-state index in [1.807, 2.05) is 0 Å². The zero-order valence-corrected chi connectivity index (χ0v) is 50.7. The van der Waals surface area contributed by atoms with Crippen LogP contribution in [0, 0.1) is 11.8 Å². The van der Waals surface area contributed by atoms with Gasteiger partial charge in [-0.15, -0.1) is 0 Å². The molecule has 0 aromatic heterocycles. The Hall–Kier alpha value is -2.08. The van der Waals surface area contributed by atoms with E-state index >= 15 is 0 Å². The highest BCUT2D eigenvalue weighted by atomic mass is 79.9. The summed E-state index contributed by atoms with van der Waals surface area (Å²) in [5.74, 6) is 7.31. The van der Waals surface area contributed by atoms with Crippen molar-refractivity contribution in [2.45, 2.75) is 310 Å². The van der Waals surface area contributed by atoms with E-state index in [1.54, 1.807) is 22.3 Å². The van der Waals surface area contributed by atoms with Crippen molar-refractivity contribution in [2.24, 2.45) is 0 Å². The summed E-state index contributed by atoms with van der Waals surface area (Å²) in [4.78, 5) is 0. The maximum Gasteiger partial charge on any atom is 0.0397 e. The second kappa shape index (κ2) is 41.1.